The van der Waals surface area contributed by atoms with Crippen LogP contribution in [0.1, 0.15) is 173 Å². The number of unbranched alkanes of at least 4 members (excludes halogenated alkanes) is 2. The molecule has 2 N–H and O–H groups in total. The summed E-state index contributed by atoms with van der Waals surface area (Å²) in [7, 11) is -5.95. The van der Waals surface area contributed by atoms with Gasteiger partial charge < -0.3 is 43.3 Å². The highest BCUT2D eigenvalue weighted by molar-refractivity contribution is 7.89. The minimum atomic E-state index is -3.66. The average Bonchev–Trinajstić information content (AvgIpc) is 1.61. The summed E-state index contributed by atoms with van der Waals surface area (Å²) in [6.45, 7) is 15.5. The summed E-state index contributed by atoms with van der Waals surface area (Å²) in [4.78, 5) is 84.7. The zero-order valence-electron chi connectivity index (χ0n) is 81.3. The SMILES string of the molecule is C#CCCC(=O)c1ccc(CCN(Cc2cc(Cl)ccc2OCCC)C(=O)Cc2ccsc2)cc1.C#CCNS(=O)(=O)c1ccc(CCN(Cc2cc(Cl)ccc2OC(C)CC)C(=O)Cc2ccsc2)cc1.C#CCNS(=O)(=O)c1ccc(CCN(Cc2cc(Cl)ccc2OCCCCC)C(=O)Cc2ccsc2)cc1.CCCOc1ccc(Cl)cc1CN(CCc1ccc(C(=O)OC)cc1)C(=O)Cc1ccsc1. The minimum absolute atomic E-state index is 0.00186. The van der Waals surface area contributed by atoms with Crippen LogP contribution < -0.4 is 28.4 Å². The van der Waals surface area contributed by atoms with Crippen LogP contribution in [0.2, 0.25) is 20.1 Å². The van der Waals surface area contributed by atoms with Gasteiger partial charge in [-0.1, -0.05) is 159 Å². The lowest BCUT2D eigenvalue weighted by atomic mass is 10.0. The van der Waals surface area contributed by atoms with Crippen molar-refractivity contribution in [2.75, 3.05) is 66.2 Å². The van der Waals surface area contributed by atoms with E-state index < -0.39 is 20.0 Å². The number of carbonyl (C=O) groups excluding carboxylic acids is 6. The highest BCUT2D eigenvalue weighted by Crippen LogP contribution is 2.33. The van der Waals surface area contributed by atoms with E-state index in [0.717, 1.165) is 123 Å². The number of thiophene rings is 4. The maximum atomic E-state index is 13.4. The van der Waals surface area contributed by atoms with Crippen molar-refractivity contribution in [3.8, 4) is 60.0 Å². The highest BCUT2D eigenvalue weighted by Gasteiger charge is 2.26. The lowest BCUT2D eigenvalue weighted by molar-refractivity contribution is -0.131. The molecule has 0 aliphatic heterocycles. The largest absolute Gasteiger partial charge is 0.493 e. The molecule has 0 saturated heterocycles. The summed E-state index contributed by atoms with van der Waals surface area (Å²) < 4.78 is 82.6. The van der Waals surface area contributed by atoms with Crippen molar-refractivity contribution >= 4 is 147 Å². The molecule has 0 spiro atoms. The number of ether oxygens (including phenoxy) is 5. The Morgan fingerprint density at radius 3 is 0.993 bits per heavy atom. The van der Waals surface area contributed by atoms with Crippen molar-refractivity contribution in [3.63, 3.8) is 0 Å². The van der Waals surface area contributed by atoms with Crippen LogP contribution in [-0.4, -0.2) is 144 Å². The number of amides is 4. The topological polar surface area (TPSA) is 254 Å². The van der Waals surface area contributed by atoms with Gasteiger partial charge >= 0.3 is 5.97 Å². The number of carbonyl (C=O) groups is 6. The number of nitrogens with zero attached hydrogens (tertiary/aromatic N) is 4. The third kappa shape index (κ3) is 39.8. The van der Waals surface area contributed by atoms with Crippen LogP contribution in [0, 0.1) is 37.0 Å². The van der Waals surface area contributed by atoms with Crippen LogP contribution in [-0.2, 0) is 122 Å². The lowest BCUT2D eigenvalue weighted by Gasteiger charge is -2.25. The number of terminal acetylenes is 3. The maximum Gasteiger partial charge on any atom is 0.337 e. The number of nitrogens with one attached hydrogen (secondary N) is 2. The first-order valence-electron chi connectivity index (χ1n) is 47.1. The predicted molar refractivity (Wildman–Crippen MR) is 579 cm³/mol. The van der Waals surface area contributed by atoms with E-state index in [-0.39, 0.29) is 64.4 Å². The van der Waals surface area contributed by atoms with E-state index in [1.165, 1.54) is 7.11 Å². The zero-order chi connectivity index (χ0) is 103. The predicted octanol–water partition coefficient (Wildman–Crippen LogP) is 23.4. The highest BCUT2D eigenvalue weighted by atomic mass is 35.5. The van der Waals surface area contributed by atoms with Crippen molar-refractivity contribution < 1.29 is 69.3 Å². The van der Waals surface area contributed by atoms with Crippen molar-refractivity contribution in [3.05, 3.63) is 335 Å². The second kappa shape index (κ2) is 61.5. The van der Waals surface area contributed by atoms with Crippen LogP contribution in [0.3, 0.4) is 0 Å². The molecule has 12 aromatic rings. The molecule has 0 aliphatic carbocycles. The molecule has 0 radical (unpaired) electrons. The fraction of sp³-hybridized carbons (Fsp3) is 0.321. The van der Waals surface area contributed by atoms with E-state index in [4.69, 9.17) is 89.4 Å². The molecule has 21 nitrogen and oxygen atoms in total. The Kier molecular flexibility index (Phi) is 49.5. The second-order valence-electron chi connectivity index (χ2n) is 33.5. The van der Waals surface area contributed by atoms with Crippen LogP contribution >= 0.6 is 91.8 Å². The first-order chi connectivity index (χ1) is 69.0. The molecule has 0 fully saturated rings. The Morgan fingerprint density at radius 1 is 0.385 bits per heavy atom. The third-order valence-electron chi connectivity index (χ3n) is 22.5. The summed E-state index contributed by atoms with van der Waals surface area (Å²) in [6, 6.07) is 57.9. The van der Waals surface area contributed by atoms with E-state index in [1.54, 1.807) is 140 Å². The van der Waals surface area contributed by atoms with Gasteiger partial charge in [0.05, 0.1) is 87.2 Å². The number of sulfonamides is 2. The fourth-order valence-electron chi connectivity index (χ4n) is 14.5. The molecule has 0 bridgehead atoms. The van der Waals surface area contributed by atoms with Gasteiger partial charge in [0.1, 0.15) is 23.0 Å². The average molecular weight is 2130 g/mol. The van der Waals surface area contributed by atoms with E-state index >= 15 is 0 Å². The van der Waals surface area contributed by atoms with Gasteiger partial charge in [-0.25, -0.2) is 21.6 Å². The summed E-state index contributed by atoms with van der Waals surface area (Å²) in [5, 5.41) is 18.2. The number of Topliss-reactive ketones (excluding diaryl/α,β-unsaturated/α-hetero) is 1. The Balaban J connectivity index is 0.000000213. The van der Waals surface area contributed by atoms with Crippen LogP contribution in [0.25, 0.3) is 0 Å². The Bertz CT molecular complexity index is 6370. The molecule has 0 saturated carbocycles. The van der Waals surface area contributed by atoms with Gasteiger partial charge in [0.2, 0.25) is 43.7 Å². The Hall–Kier alpha value is -11.6. The third-order valence-corrected chi connectivity index (χ3v) is 29.2. The number of ketones is 1. The number of esters is 1. The van der Waals surface area contributed by atoms with E-state index in [0.29, 0.717) is 173 Å². The molecule has 4 heterocycles. The van der Waals surface area contributed by atoms with E-state index in [1.807, 2.05) is 169 Å². The van der Waals surface area contributed by atoms with Gasteiger partial charge in [0.15, 0.2) is 5.78 Å². The molecule has 143 heavy (non-hydrogen) atoms. The lowest BCUT2D eigenvalue weighted by Crippen LogP contribution is -2.34. The number of halogens is 4. The zero-order valence-corrected chi connectivity index (χ0v) is 89.2. The standard InChI is InChI=1S/C29H33ClN2O4S2.C29H30ClNO3S.C28H31ClN2O4S2.C26H28ClNO4S/c1-3-5-6-17-36-28-12-9-26(30)20-25(28)21-32(29(33)19-24-14-18-37-22-24)16-13-23-7-10-27(11-8-23)38(34,35)31-15-4-2;1-3-5-6-27(32)24-9-7-22(8-10-24)13-15-31(29(33)18-23-14-17-35-21-23)20-25-19-26(30)11-12-28(25)34-16-4-2;1-4-14-30-37(33,34)26-9-6-22(7-10-26)12-15-31(28(32)17-23-13-16-36-20-23)19-24-18-25(29)8-11-27(24)35-21(3)5-2;1-3-13-32-24-9-8-23(27)16-22(24)17-28(25(29)15-20-11-14-33-18-20)12-10-19-4-6-21(7-5-19)26(30)31-2/h2,7-12,14,18,20,22,31H,3,5-6,13,15-17,19,21H2,1H3;1,7-12,14,17,19,21H,4-6,13,15-16,18,20H2,2H3;1,6-11,13,16,18,20-21,30H,5,12,14-15,17,19H2,2-3H3;4-9,11,14,16,18H,3,10,12-13,15,17H2,1-2H3. The Morgan fingerprint density at radius 2 is 0.699 bits per heavy atom. The fourth-order valence-corrected chi connectivity index (χ4v) is 19.8. The summed E-state index contributed by atoms with van der Waals surface area (Å²) in [6.07, 6.45) is 25.9. The molecule has 1 unspecified atom stereocenters. The van der Waals surface area contributed by atoms with Crippen molar-refractivity contribution in [2.45, 2.75) is 179 Å². The molecule has 0 aliphatic rings. The van der Waals surface area contributed by atoms with Crippen molar-refractivity contribution in [2.24, 2.45) is 0 Å². The normalized spacial score (nSPS) is 11.1. The Labute approximate surface area is 879 Å². The summed E-state index contributed by atoms with van der Waals surface area (Å²) >= 11 is 31.4. The number of rotatable bonds is 52. The quantitative estimate of drug-likeness (QED) is 0.0156. The maximum absolute atomic E-state index is 13.4. The molecular formula is C112H122Cl4N6O15S6. The first-order valence-corrected chi connectivity index (χ1v) is 55.4. The molecule has 754 valence electrons. The second-order valence-corrected chi connectivity index (χ2v) is 41.8. The van der Waals surface area contributed by atoms with E-state index in [9.17, 15) is 45.6 Å². The number of methoxy groups -OCH3 is 1. The molecular weight excluding hydrogens is 2000 g/mol. The molecule has 4 amide bonds. The van der Waals surface area contributed by atoms with Crippen LogP contribution in [0.5, 0.6) is 23.0 Å². The molecule has 4 aromatic heterocycles. The molecule has 31 heteroatoms. The van der Waals surface area contributed by atoms with Gasteiger partial charge in [-0.2, -0.15) is 54.8 Å². The van der Waals surface area contributed by atoms with E-state index in [2.05, 4.69) is 54.9 Å². The van der Waals surface area contributed by atoms with Gasteiger partial charge in [-0.15, -0.1) is 25.2 Å². The smallest absolute Gasteiger partial charge is 0.337 e. The van der Waals surface area contributed by atoms with Gasteiger partial charge in [-0.05, 0) is 279 Å². The number of benzene rings is 8. The minimum Gasteiger partial charge on any atom is -0.493 e. The molecule has 12 rings (SSSR count). The molecule has 1 atom stereocenters. The number of hydrogen-bond acceptors (Lipinski definition) is 19. The van der Waals surface area contributed by atoms with Gasteiger partial charge in [-0.3, -0.25) is 24.0 Å². The monoisotopic (exact) mass is 2120 g/mol. The van der Waals surface area contributed by atoms with Gasteiger partial charge in [0, 0.05) is 113 Å². The number of hydrogen-bond donors (Lipinski definition) is 2. The summed E-state index contributed by atoms with van der Waals surface area (Å²) in [5.74, 6) is 9.72. The first kappa shape index (κ1) is 115. The summed E-state index contributed by atoms with van der Waals surface area (Å²) in [5.41, 5.74) is 12.5. The van der Waals surface area contributed by atoms with Crippen molar-refractivity contribution in [1.29, 1.82) is 0 Å². The molecule has 8 aromatic carbocycles. The van der Waals surface area contributed by atoms with Gasteiger partial charge in [0.25, 0.3) is 0 Å². The van der Waals surface area contributed by atoms with Crippen molar-refractivity contribution in [1.82, 2.24) is 29.0 Å². The van der Waals surface area contributed by atoms with Crippen LogP contribution in [0.15, 0.2) is 247 Å². The van der Waals surface area contributed by atoms with Crippen LogP contribution in [0.4, 0.5) is 0 Å².